The summed E-state index contributed by atoms with van der Waals surface area (Å²) in [5.41, 5.74) is 7.22. The lowest BCUT2D eigenvalue weighted by Gasteiger charge is -2.04. The van der Waals surface area contributed by atoms with Crippen molar-refractivity contribution < 1.29 is 4.79 Å². The summed E-state index contributed by atoms with van der Waals surface area (Å²) >= 11 is 0. The van der Waals surface area contributed by atoms with E-state index < -0.39 is 0 Å². The van der Waals surface area contributed by atoms with Gasteiger partial charge in [0.05, 0.1) is 11.0 Å². The summed E-state index contributed by atoms with van der Waals surface area (Å²) in [5.74, 6) is -0.146. The average Bonchev–Trinajstić information content (AvgIpc) is 2.66. The fourth-order valence-corrected chi connectivity index (χ4v) is 1.91. The maximum Gasteiger partial charge on any atom is 0.326 e. The highest BCUT2D eigenvalue weighted by molar-refractivity contribution is 5.97. The number of rotatable bonds is 4. The molecule has 6 heteroatoms. The monoisotopic (exact) mass is 248 g/mol. The molecular formula is C12H16N4O2. The SMILES string of the molecule is CCNC(=O)c1ccc2[nH]c(=O)n(CCN)c2c1. The molecule has 18 heavy (non-hydrogen) atoms. The predicted octanol–water partition coefficient (Wildman–Crippen LogP) is 0.0380. The minimum atomic E-state index is -0.205. The standard InChI is InChI=1S/C12H16N4O2/c1-2-14-11(17)8-3-4-9-10(7-8)16(6-5-13)12(18)15-9/h3-4,7H,2,5-6,13H2,1H3,(H,14,17)(H,15,18). The van der Waals surface area contributed by atoms with Crippen molar-refractivity contribution in [1.29, 1.82) is 0 Å². The van der Waals surface area contributed by atoms with Gasteiger partial charge in [-0.3, -0.25) is 9.36 Å². The highest BCUT2D eigenvalue weighted by Crippen LogP contribution is 2.12. The van der Waals surface area contributed by atoms with Crippen molar-refractivity contribution in [3.8, 4) is 0 Å². The minimum Gasteiger partial charge on any atom is -0.352 e. The van der Waals surface area contributed by atoms with Crippen molar-refractivity contribution in [3.63, 3.8) is 0 Å². The molecule has 0 atom stereocenters. The molecule has 0 aliphatic rings. The number of amides is 1. The van der Waals surface area contributed by atoms with Gasteiger partial charge in [0.1, 0.15) is 0 Å². The Morgan fingerprint density at radius 2 is 2.28 bits per heavy atom. The van der Waals surface area contributed by atoms with E-state index in [1.165, 1.54) is 4.57 Å². The van der Waals surface area contributed by atoms with Gasteiger partial charge in [0.25, 0.3) is 5.91 Å². The Morgan fingerprint density at radius 3 is 2.94 bits per heavy atom. The molecule has 0 unspecified atom stereocenters. The number of nitrogens with zero attached hydrogens (tertiary/aromatic N) is 1. The van der Waals surface area contributed by atoms with E-state index in [2.05, 4.69) is 10.3 Å². The van der Waals surface area contributed by atoms with Gasteiger partial charge in [0, 0.05) is 25.2 Å². The van der Waals surface area contributed by atoms with Crippen molar-refractivity contribution in [2.75, 3.05) is 13.1 Å². The topological polar surface area (TPSA) is 92.9 Å². The second kappa shape index (κ2) is 5.05. The molecule has 0 aliphatic carbocycles. The van der Waals surface area contributed by atoms with Crippen LogP contribution in [-0.4, -0.2) is 28.5 Å². The average molecular weight is 248 g/mol. The van der Waals surface area contributed by atoms with Gasteiger partial charge in [-0.25, -0.2) is 4.79 Å². The largest absolute Gasteiger partial charge is 0.352 e. The molecule has 1 heterocycles. The summed E-state index contributed by atoms with van der Waals surface area (Å²) in [6, 6.07) is 5.12. The molecule has 2 aromatic rings. The van der Waals surface area contributed by atoms with Crippen LogP contribution in [0.5, 0.6) is 0 Å². The van der Waals surface area contributed by atoms with Gasteiger partial charge in [0.15, 0.2) is 0 Å². The Balaban J connectivity index is 2.52. The fraction of sp³-hybridized carbons (Fsp3) is 0.333. The third-order valence-electron chi connectivity index (χ3n) is 2.73. The molecule has 2 rings (SSSR count). The number of aromatic nitrogens is 2. The van der Waals surface area contributed by atoms with E-state index >= 15 is 0 Å². The molecular weight excluding hydrogens is 232 g/mol. The number of fused-ring (bicyclic) bond motifs is 1. The van der Waals surface area contributed by atoms with Crippen LogP contribution < -0.4 is 16.7 Å². The summed E-state index contributed by atoms with van der Waals surface area (Å²) < 4.78 is 1.54. The molecule has 0 radical (unpaired) electrons. The van der Waals surface area contributed by atoms with Crippen LogP contribution in [0.2, 0.25) is 0 Å². The van der Waals surface area contributed by atoms with E-state index in [-0.39, 0.29) is 11.6 Å². The maximum absolute atomic E-state index is 11.7. The smallest absolute Gasteiger partial charge is 0.326 e. The van der Waals surface area contributed by atoms with Crippen LogP contribution in [0.15, 0.2) is 23.0 Å². The molecule has 6 nitrogen and oxygen atoms in total. The Kier molecular flexibility index (Phi) is 3.47. The van der Waals surface area contributed by atoms with Crippen LogP contribution in [0.25, 0.3) is 11.0 Å². The van der Waals surface area contributed by atoms with Gasteiger partial charge in [-0.2, -0.15) is 0 Å². The minimum absolute atomic E-state index is 0.146. The number of carbonyl (C=O) groups is 1. The summed E-state index contributed by atoms with van der Waals surface area (Å²) in [7, 11) is 0. The third kappa shape index (κ3) is 2.14. The Labute approximate surface area is 104 Å². The summed E-state index contributed by atoms with van der Waals surface area (Å²) in [5, 5.41) is 2.72. The van der Waals surface area contributed by atoms with Crippen LogP contribution in [0, 0.1) is 0 Å². The first kappa shape index (κ1) is 12.4. The lowest BCUT2D eigenvalue weighted by atomic mass is 10.2. The number of nitrogens with one attached hydrogen (secondary N) is 2. The Bertz CT molecular complexity index is 627. The van der Waals surface area contributed by atoms with Crippen LogP contribution in [-0.2, 0) is 6.54 Å². The van der Waals surface area contributed by atoms with E-state index in [9.17, 15) is 9.59 Å². The van der Waals surface area contributed by atoms with Gasteiger partial charge in [-0.05, 0) is 25.1 Å². The number of hydrogen-bond donors (Lipinski definition) is 3. The zero-order valence-electron chi connectivity index (χ0n) is 10.2. The number of hydrogen-bond acceptors (Lipinski definition) is 3. The molecule has 96 valence electrons. The number of benzene rings is 1. The van der Waals surface area contributed by atoms with Crippen LogP contribution >= 0.6 is 0 Å². The molecule has 0 fully saturated rings. The highest BCUT2D eigenvalue weighted by atomic mass is 16.2. The molecule has 0 saturated carbocycles. The first-order chi connectivity index (χ1) is 8.67. The predicted molar refractivity (Wildman–Crippen MR) is 69.6 cm³/mol. The van der Waals surface area contributed by atoms with Crippen molar-refractivity contribution in [1.82, 2.24) is 14.9 Å². The van der Waals surface area contributed by atoms with Crippen LogP contribution in [0.3, 0.4) is 0 Å². The quantitative estimate of drug-likeness (QED) is 0.713. The number of H-pyrrole nitrogens is 1. The van der Waals surface area contributed by atoms with Gasteiger partial charge >= 0.3 is 5.69 Å². The molecule has 4 N–H and O–H groups in total. The lowest BCUT2D eigenvalue weighted by Crippen LogP contribution is -2.23. The fourth-order valence-electron chi connectivity index (χ4n) is 1.91. The number of imidazole rings is 1. The normalized spacial score (nSPS) is 10.8. The zero-order valence-corrected chi connectivity index (χ0v) is 10.2. The molecule has 0 spiro atoms. The highest BCUT2D eigenvalue weighted by Gasteiger charge is 2.10. The van der Waals surface area contributed by atoms with Crippen molar-refractivity contribution in [2.24, 2.45) is 5.73 Å². The molecule has 1 amide bonds. The second-order valence-corrected chi connectivity index (χ2v) is 3.96. The van der Waals surface area contributed by atoms with Gasteiger partial charge in [-0.15, -0.1) is 0 Å². The second-order valence-electron chi connectivity index (χ2n) is 3.96. The van der Waals surface area contributed by atoms with E-state index in [0.717, 1.165) is 0 Å². The Morgan fingerprint density at radius 1 is 1.50 bits per heavy atom. The number of carbonyl (C=O) groups excluding carboxylic acids is 1. The first-order valence-corrected chi connectivity index (χ1v) is 5.88. The summed E-state index contributed by atoms with van der Waals surface area (Å²) in [4.78, 5) is 26.1. The van der Waals surface area contributed by atoms with E-state index in [4.69, 9.17) is 5.73 Å². The summed E-state index contributed by atoms with van der Waals surface area (Å²) in [6.45, 7) is 3.23. The third-order valence-corrected chi connectivity index (χ3v) is 2.73. The summed E-state index contributed by atoms with van der Waals surface area (Å²) in [6.07, 6.45) is 0. The van der Waals surface area contributed by atoms with Gasteiger partial charge in [-0.1, -0.05) is 0 Å². The number of aromatic amines is 1. The lowest BCUT2D eigenvalue weighted by molar-refractivity contribution is 0.0956. The molecule has 0 saturated heterocycles. The van der Waals surface area contributed by atoms with Crippen molar-refractivity contribution in [2.45, 2.75) is 13.5 Å². The molecule has 0 bridgehead atoms. The van der Waals surface area contributed by atoms with Gasteiger partial charge in [0.2, 0.25) is 0 Å². The number of nitrogens with two attached hydrogens (primary N) is 1. The van der Waals surface area contributed by atoms with Gasteiger partial charge < -0.3 is 16.0 Å². The molecule has 1 aromatic heterocycles. The zero-order chi connectivity index (χ0) is 13.1. The molecule has 0 aliphatic heterocycles. The van der Waals surface area contributed by atoms with Crippen molar-refractivity contribution >= 4 is 16.9 Å². The first-order valence-electron chi connectivity index (χ1n) is 5.88. The van der Waals surface area contributed by atoms with Crippen LogP contribution in [0.1, 0.15) is 17.3 Å². The van der Waals surface area contributed by atoms with E-state index in [1.54, 1.807) is 18.2 Å². The Hall–Kier alpha value is -2.08. The van der Waals surface area contributed by atoms with Crippen LogP contribution in [0.4, 0.5) is 0 Å². The maximum atomic E-state index is 11.7. The molecule has 1 aromatic carbocycles. The van der Waals surface area contributed by atoms with E-state index in [0.29, 0.717) is 36.2 Å². The van der Waals surface area contributed by atoms with Crippen molar-refractivity contribution in [3.05, 3.63) is 34.2 Å². The van der Waals surface area contributed by atoms with E-state index in [1.807, 2.05) is 6.92 Å².